The van der Waals surface area contributed by atoms with Gasteiger partial charge in [0.25, 0.3) is 0 Å². The molecule has 140 valence electrons. The Kier molecular flexibility index (Phi) is 7.41. The van der Waals surface area contributed by atoms with Gasteiger partial charge in [0.2, 0.25) is 5.91 Å². The van der Waals surface area contributed by atoms with E-state index < -0.39 is 0 Å². The van der Waals surface area contributed by atoms with Crippen LogP contribution in [-0.4, -0.2) is 56.6 Å². The zero-order chi connectivity index (χ0) is 18.9. The third-order valence-corrected chi connectivity index (χ3v) is 4.00. The minimum atomic E-state index is -0.298. The Morgan fingerprint density at radius 2 is 1.69 bits per heavy atom. The lowest BCUT2D eigenvalue weighted by molar-refractivity contribution is -0.131. The molecule has 0 aromatic heterocycles. The van der Waals surface area contributed by atoms with Crippen molar-refractivity contribution in [3.05, 3.63) is 59.9 Å². The third-order valence-electron chi connectivity index (χ3n) is 4.00. The molecule has 26 heavy (non-hydrogen) atoms. The fraction of sp³-hybridized carbons (Fsp3) is 0.350. The normalized spacial score (nSPS) is 10.7. The molecular formula is C20H25FN2O3. The number of halogens is 1. The summed E-state index contributed by atoms with van der Waals surface area (Å²) in [7, 11) is 5.15. The number of hydrogen-bond acceptors (Lipinski definition) is 4. The molecular weight excluding hydrogens is 335 g/mol. The summed E-state index contributed by atoms with van der Waals surface area (Å²) in [6, 6.07) is 13.8. The second-order valence-corrected chi connectivity index (χ2v) is 6.10. The highest BCUT2D eigenvalue weighted by Crippen LogP contribution is 2.16. The van der Waals surface area contributed by atoms with Gasteiger partial charge in [-0.1, -0.05) is 18.2 Å². The Morgan fingerprint density at radius 1 is 1.04 bits per heavy atom. The van der Waals surface area contributed by atoms with Gasteiger partial charge in [-0.25, -0.2) is 4.39 Å². The number of amides is 1. The predicted octanol–water partition coefficient (Wildman–Crippen LogP) is 2.80. The van der Waals surface area contributed by atoms with Crippen molar-refractivity contribution in [2.45, 2.75) is 6.54 Å². The number of nitrogens with zero attached hydrogens (tertiary/aromatic N) is 2. The van der Waals surface area contributed by atoms with E-state index in [4.69, 9.17) is 9.47 Å². The van der Waals surface area contributed by atoms with Crippen molar-refractivity contribution in [2.24, 2.45) is 0 Å². The average Bonchev–Trinajstić information content (AvgIpc) is 2.64. The van der Waals surface area contributed by atoms with E-state index in [2.05, 4.69) is 0 Å². The molecule has 2 aromatic rings. The van der Waals surface area contributed by atoms with E-state index in [1.165, 1.54) is 11.0 Å². The molecule has 1 amide bonds. The van der Waals surface area contributed by atoms with Crippen LogP contribution in [0.15, 0.2) is 48.5 Å². The maximum atomic E-state index is 13.7. The molecule has 0 saturated heterocycles. The van der Waals surface area contributed by atoms with Crippen LogP contribution >= 0.6 is 0 Å². The minimum absolute atomic E-state index is 0.0693. The quantitative estimate of drug-likeness (QED) is 0.690. The summed E-state index contributed by atoms with van der Waals surface area (Å²) in [5.74, 6) is 1.16. The van der Waals surface area contributed by atoms with Gasteiger partial charge < -0.3 is 14.4 Å². The van der Waals surface area contributed by atoms with Crippen molar-refractivity contribution in [1.29, 1.82) is 0 Å². The molecule has 0 bridgehead atoms. The Bertz CT molecular complexity index is 706. The standard InChI is InChI=1S/C20H25FN2O3/c1-22(12-13-26-18-10-8-17(25-3)9-11-18)15-20(24)23(2)14-16-6-4-5-7-19(16)21/h4-11H,12-15H2,1-3H3. The van der Waals surface area contributed by atoms with Gasteiger partial charge >= 0.3 is 0 Å². The number of likely N-dealkylation sites (N-methyl/N-ethyl adjacent to an activating group) is 2. The molecule has 0 N–H and O–H groups in total. The van der Waals surface area contributed by atoms with Gasteiger partial charge in [-0.2, -0.15) is 0 Å². The van der Waals surface area contributed by atoms with E-state index in [0.29, 0.717) is 18.7 Å². The lowest BCUT2D eigenvalue weighted by atomic mass is 10.2. The lowest BCUT2D eigenvalue weighted by Crippen LogP contribution is -2.37. The van der Waals surface area contributed by atoms with Gasteiger partial charge in [0, 0.05) is 25.7 Å². The smallest absolute Gasteiger partial charge is 0.236 e. The van der Waals surface area contributed by atoms with Crippen molar-refractivity contribution in [3.8, 4) is 11.5 Å². The molecule has 0 radical (unpaired) electrons. The number of carbonyl (C=O) groups excluding carboxylic acids is 1. The Hall–Kier alpha value is -2.60. The van der Waals surface area contributed by atoms with Crippen LogP contribution in [-0.2, 0) is 11.3 Å². The maximum Gasteiger partial charge on any atom is 0.236 e. The van der Waals surface area contributed by atoms with Gasteiger partial charge in [0.15, 0.2) is 0 Å². The largest absolute Gasteiger partial charge is 0.497 e. The van der Waals surface area contributed by atoms with Crippen molar-refractivity contribution in [2.75, 3.05) is 40.9 Å². The SMILES string of the molecule is COc1ccc(OCCN(C)CC(=O)N(C)Cc2ccccc2F)cc1. The van der Waals surface area contributed by atoms with E-state index in [1.807, 2.05) is 36.2 Å². The zero-order valence-electron chi connectivity index (χ0n) is 15.4. The summed E-state index contributed by atoms with van der Waals surface area (Å²) in [4.78, 5) is 15.7. The molecule has 0 aliphatic rings. The fourth-order valence-electron chi connectivity index (χ4n) is 2.39. The van der Waals surface area contributed by atoms with Crippen molar-refractivity contribution >= 4 is 5.91 Å². The van der Waals surface area contributed by atoms with Gasteiger partial charge in [-0.3, -0.25) is 9.69 Å². The van der Waals surface area contributed by atoms with Crippen molar-refractivity contribution < 1.29 is 18.7 Å². The number of ether oxygens (including phenoxy) is 2. The van der Waals surface area contributed by atoms with E-state index in [9.17, 15) is 9.18 Å². The van der Waals surface area contributed by atoms with E-state index >= 15 is 0 Å². The topological polar surface area (TPSA) is 42.0 Å². The van der Waals surface area contributed by atoms with E-state index in [0.717, 1.165) is 11.5 Å². The number of carbonyl (C=O) groups is 1. The van der Waals surface area contributed by atoms with Crippen LogP contribution in [0.5, 0.6) is 11.5 Å². The van der Waals surface area contributed by atoms with Gasteiger partial charge in [-0.15, -0.1) is 0 Å². The van der Waals surface area contributed by atoms with Crippen LogP contribution in [0, 0.1) is 5.82 Å². The Labute approximate surface area is 153 Å². The summed E-state index contributed by atoms with van der Waals surface area (Å²) in [6.07, 6.45) is 0. The molecule has 0 aliphatic carbocycles. The first-order chi connectivity index (χ1) is 12.5. The van der Waals surface area contributed by atoms with Crippen molar-refractivity contribution in [3.63, 3.8) is 0 Å². The molecule has 0 spiro atoms. The lowest BCUT2D eigenvalue weighted by Gasteiger charge is -2.22. The summed E-state index contributed by atoms with van der Waals surface area (Å²) < 4.78 is 24.4. The van der Waals surface area contributed by atoms with Gasteiger partial charge in [-0.05, 0) is 37.4 Å². The summed E-state index contributed by atoms with van der Waals surface area (Å²) in [5.41, 5.74) is 0.508. The second-order valence-electron chi connectivity index (χ2n) is 6.10. The van der Waals surface area contributed by atoms with Crippen LogP contribution in [0.25, 0.3) is 0 Å². The minimum Gasteiger partial charge on any atom is -0.497 e. The molecule has 0 fully saturated rings. The molecule has 5 nitrogen and oxygen atoms in total. The van der Waals surface area contributed by atoms with Crippen LogP contribution in [0.1, 0.15) is 5.56 Å². The van der Waals surface area contributed by atoms with E-state index in [-0.39, 0.29) is 24.8 Å². The second kappa shape index (κ2) is 9.77. The molecule has 0 heterocycles. The summed E-state index contributed by atoms with van der Waals surface area (Å²) in [5, 5.41) is 0. The Morgan fingerprint density at radius 3 is 2.35 bits per heavy atom. The van der Waals surface area contributed by atoms with Crippen LogP contribution in [0.3, 0.4) is 0 Å². The fourth-order valence-corrected chi connectivity index (χ4v) is 2.39. The molecule has 2 aromatic carbocycles. The first-order valence-corrected chi connectivity index (χ1v) is 8.42. The highest BCUT2D eigenvalue weighted by molar-refractivity contribution is 5.77. The molecule has 0 aliphatic heterocycles. The molecule has 0 unspecified atom stereocenters. The first kappa shape index (κ1) is 19.7. The first-order valence-electron chi connectivity index (χ1n) is 8.42. The number of hydrogen-bond donors (Lipinski definition) is 0. The van der Waals surface area contributed by atoms with Crippen LogP contribution < -0.4 is 9.47 Å². The zero-order valence-corrected chi connectivity index (χ0v) is 15.4. The predicted molar refractivity (Wildman–Crippen MR) is 98.9 cm³/mol. The number of rotatable bonds is 9. The highest BCUT2D eigenvalue weighted by Gasteiger charge is 2.13. The summed E-state index contributed by atoms with van der Waals surface area (Å²) >= 11 is 0. The van der Waals surface area contributed by atoms with Gasteiger partial charge in [0.1, 0.15) is 23.9 Å². The van der Waals surface area contributed by atoms with Gasteiger partial charge in [0.05, 0.1) is 13.7 Å². The summed E-state index contributed by atoms with van der Waals surface area (Å²) in [6.45, 7) is 1.57. The average molecular weight is 360 g/mol. The molecule has 0 saturated carbocycles. The molecule has 0 atom stereocenters. The monoisotopic (exact) mass is 360 g/mol. The third kappa shape index (κ3) is 6.04. The van der Waals surface area contributed by atoms with Crippen LogP contribution in [0.2, 0.25) is 0 Å². The van der Waals surface area contributed by atoms with Crippen molar-refractivity contribution in [1.82, 2.24) is 9.80 Å². The number of methoxy groups -OCH3 is 1. The molecule has 6 heteroatoms. The van der Waals surface area contributed by atoms with Crippen LogP contribution in [0.4, 0.5) is 4.39 Å². The van der Waals surface area contributed by atoms with E-state index in [1.54, 1.807) is 32.4 Å². The highest BCUT2D eigenvalue weighted by atomic mass is 19.1. The number of benzene rings is 2. The Balaban J connectivity index is 1.73. The molecule has 2 rings (SSSR count). The maximum absolute atomic E-state index is 13.7.